The van der Waals surface area contributed by atoms with Crippen LogP contribution in [0.25, 0.3) is 38.8 Å². The predicted octanol–water partition coefficient (Wildman–Crippen LogP) is 4.82. The second kappa shape index (κ2) is 11.8. The van der Waals surface area contributed by atoms with Gasteiger partial charge < -0.3 is 25.0 Å². The highest BCUT2D eigenvalue weighted by atomic mass is 19.4. The number of imidazole rings is 1. The van der Waals surface area contributed by atoms with Crippen molar-refractivity contribution in [2.24, 2.45) is 18.0 Å². The van der Waals surface area contributed by atoms with Crippen molar-refractivity contribution in [3.05, 3.63) is 77.7 Å². The van der Waals surface area contributed by atoms with E-state index >= 15 is 0 Å². The van der Waals surface area contributed by atoms with Gasteiger partial charge in [0.1, 0.15) is 5.82 Å². The van der Waals surface area contributed by atoms with E-state index < -0.39 is 35.5 Å². The summed E-state index contributed by atoms with van der Waals surface area (Å²) in [4.78, 5) is 37.9. The van der Waals surface area contributed by atoms with Crippen LogP contribution in [0.2, 0.25) is 0 Å². The number of esters is 1. The van der Waals surface area contributed by atoms with Gasteiger partial charge >= 0.3 is 18.2 Å². The van der Waals surface area contributed by atoms with Crippen LogP contribution in [0.15, 0.2) is 65.9 Å². The Morgan fingerprint density at radius 2 is 1.85 bits per heavy atom. The summed E-state index contributed by atoms with van der Waals surface area (Å²) in [5, 5.41) is 19.4. The number of amides is 1. The number of carbonyl (C=O) groups excluding carboxylic acids is 1. The largest absolute Gasteiger partial charge is 0.466 e. The Morgan fingerprint density at radius 3 is 2.49 bits per heavy atom. The lowest BCUT2D eigenvalue weighted by Crippen LogP contribution is -2.53. The van der Waals surface area contributed by atoms with E-state index in [2.05, 4.69) is 15.0 Å². The number of likely N-dealkylation sites (tertiary alicyclic amines) is 1. The second-order valence-electron chi connectivity index (χ2n) is 11.1. The van der Waals surface area contributed by atoms with Crippen molar-refractivity contribution in [3.63, 3.8) is 0 Å². The maximum Gasteiger partial charge on any atom is 0.419 e. The molecule has 1 aliphatic rings. The molecule has 0 radical (unpaired) electrons. The first kappa shape index (κ1) is 31.1. The van der Waals surface area contributed by atoms with Gasteiger partial charge in [-0.1, -0.05) is 18.2 Å². The van der Waals surface area contributed by atoms with E-state index in [1.54, 1.807) is 71.8 Å². The van der Waals surface area contributed by atoms with Gasteiger partial charge in [0.05, 0.1) is 40.8 Å². The number of anilines is 1. The van der Waals surface area contributed by atoms with Crippen LogP contribution in [0.3, 0.4) is 0 Å². The smallest absolute Gasteiger partial charge is 0.419 e. The normalized spacial score (nSPS) is 14.6. The Morgan fingerprint density at radius 1 is 1.13 bits per heavy atom. The molecule has 1 unspecified atom stereocenters. The number of aromatic nitrogens is 4. The molecule has 4 heterocycles. The Hall–Kier alpha value is -5.91. The zero-order valence-corrected chi connectivity index (χ0v) is 25.1. The Kier molecular flexibility index (Phi) is 7.80. The third-order valence-electron chi connectivity index (χ3n) is 8.32. The molecule has 0 aliphatic carbocycles. The number of carbonyl (C=O) groups is 2. The minimum Gasteiger partial charge on any atom is -0.466 e. The maximum atomic E-state index is 13.6. The Balaban J connectivity index is 1.51. The number of hydrogen-bond donors (Lipinski definition) is 2. The third kappa shape index (κ3) is 5.47. The van der Waals surface area contributed by atoms with Crippen LogP contribution in [0.4, 0.5) is 23.8 Å². The minimum absolute atomic E-state index is 0.167. The van der Waals surface area contributed by atoms with Gasteiger partial charge in [-0.25, -0.2) is 9.78 Å². The number of ether oxygens (including phenoxy) is 1. The van der Waals surface area contributed by atoms with Crippen molar-refractivity contribution < 1.29 is 32.6 Å². The number of carboxylic acid groups (broad SMARTS) is 1. The molecule has 5 aromatic rings. The zero-order valence-electron chi connectivity index (χ0n) is 25.1. The summed E-state index contributed by atoms with van der Waals surface area (Å²) in [6.07, 6.45) is -1.03. The highest BCUT2D eigenvalue weighted by molar-refractivity contribution is 6.04. The molecular weight excluding hydrogens is 617 g/mol. The molecule has 240 valence electrons. The van der Waals surface area contributed by atoms with E-state index in [4.69, 9.17) is 10.5 Å². The van der Waals surface area contributed by atoms with Crippen LogP contribution in [-0.2, 0) is 22.8 Å². The van der Waals surface area contributed by atoms with Crippen LogP contribution in [-0.4, -0.2) is 60.9 Å². The van der Waals surface area contributed by atoms with Crippen molar-refractivity contribution in [2.75, 3.05) is 25.4 Å². The molecule has 3 N–H and O–H groups in total. The predicted molar refractivity (Wildman–Crippen MR) is 164 cm³/mol. The fourth-order valence-electron chi connectivity index (χ4n) is 6.00. The summed E-state index contributed by atoms with van der Waals surface area (Å²) in [6, 6.07) is 13.0. The fourth-order valence-corrected chi connectivity index (χ4v) is 6.00. The first-order valence-corrected chi connectivity index (χ1v) is 14.4. The maximum absolute atomic E-state index is 13.6. The van der Waals surface area contributed by atoms with Crippen molar-refractivity contribution in [3.8, 4) is 23.0 Å². The molecule has 1 amide bonds. The first-order valence-electron chi connectivity index (χ1n) is 14.4. The minimum atomic E-state index is -4.69. The van der Waals surface area contributed by atoms with Crippen molar-refractivity contribution in [2.45, 2.75) is 19.0 Å². The molecule has 0 spiro atoms. The van der Waals surface area contributed by atoms with Gasteiger partial charge in [0.25, 0.3) is 0 Å². The fraction of sp³-hybridized carbons (Fsp3) is 0.250. The second-order valence-corrected chi connectivity index (χ2v) is 11.1. The number of halogens is 3. The molecule has 1 saturated heterocycles. The number of nitrogen functional groups attached to an aromatic ring is 1. The average Bonchev–Trinajstić information content (AvgIpc) is 3.29. The van der Waals surface area contributed by atoms with Gasteiger partial charge in [-0.15, -0.1) is 4.99 Å². The lowest BCUT2D eigenvalue weighted by atomic mass is 9.81. The van der Waals surface area contributed by atoms with Crippen LogP contribution in [0.5, 0.6) is 0 Å². The van der Waals surface area contributed by atoms with Gasteiger partial charge in [0.2, 0.25) is 11.8 Å². The summed E-state index contributed by atoms with van der Waals surface area (Å²) in [6.45, 7) is 2.25. The van der Waals surface area contributed by atoms with Crippen LogP contribution in [0.1, 0.15) is 24.0 Å². The average molecular weight is 645 g/mol. The summed E-state index contributed by atoms with van der Waals surface area (Å²) in [5.41, 5.74) is 8.27. The number of nitriles is 1. The molecule has 0 saturated carbocycles. The first-order chi connectivity index (χ1) is 22.4. The van der Waals surface area contributed by atoms with Crippen LogP contribution < -0.4 is 11.4 Å². The standard InChI is InChI=1S/C32H27F3N8O4/c1-3-47-29(44)26(20-14-42(15-20)31(45)46)17-4-7-21(8-5-17)43-27-22-10-18(19-11-23(32(33,34)35)28(37)39-12-19)6-9-24(22)38-13-25(27)41(2)30(43)40-16-36/h4-13,20,26H,3,14-15H2,1-2H3,(H2,37,39)(H,45,46). The number of hydrogen-bond acceptors (Lipinski definition) is 8. The number of fused-ring (bicyclic) bond motifs is 3. The number of nitrogens with two attached hydrogens (primary N) is 1. The summed E-state index contributed by atoms with van der Waals surface area (Å²) in [5.74, 6) is -2.04. The quantitative estimate of drug-likeness (QED) is 0.196. The molecule has 12 nitrogen and oxygen atoms in total. The lowest BCUT2D eigenvalue weighted by Gasteiger charge is -2.40. The van der Waals surface area contributed by atoms with Gasteiger partial charge in [0, 0.05) is 48.9 Å². The van der Waals surface area contributed by atoms with E-state index in [0.29, 0.717) is 38.8 Å². The van der Waals surface area contributed by atoms with E-state index in [1.165, 1.54) is 11.1 Å². The molecule has 1 aliphatic heterocycles. The highest BCUT2D eigenvalue weighted by Crippen LogP contribution is 2.37. The number of pyridine rings is 2. The summed E-state index contributed by atoms with van der Waals surface area (Å²) < 4.78 is 49.6. The molecule has 1 fully saturated rings. The van der Waals surface area contributed by atoms with Crippen LogP contribution >= 0.6 is 0 Å². The molecule has 47 heavy (non-hydrogen) atoms. The van der Waals surface area contributed by atoms with Gasteiger partial charge in [-0.05, 0) is 48.4 Å². The van der Waals surface area contributed by atoms with E-state index in [1.807, 2.05) is 6.19 Å². The lowest BCUT2D eigenvalue weighted by molar-refractivity contribution is -0.148. The number of alkyl halides is 3. The Bertz CT molecular complexity index is 2160. The number of rotatable bonds is 6. The van der Waals surface area contributed by atoms with Crippen LogP contribution in [0, 0.1) is 17.4 Å². The SMILES string of the molecule is CCOC(=O)C(c1ccc(-n2c(=NC#N)n(C)c3cnc4ccc(-c5cnc(N)c(C(F)(F)F)c5)cc4c32)cc1)C1CN(C(=O)O)C1. The topological polar surface area (TPSA) is 165 Å². The molecule has 0 bridgehead atoms. The summed E-state index contributed by atoms with van der Waals surface area (Å²) in [7, 11) is 1.71. The number of nitrogens with zero attached hydrogens (tertiary/aromatic N) is 7. The van der Waals surface area contributed by atoms with E-state index in [-0.39, 0.29) is 36.8 Å². The van der Waals surface area contributed by atoms with Crippen molar-refractivity contribution >= 4 is 39.8 Å². The molecule has 15 heteroatoms. The number of benzene rings is 2. The van der Waals surface area contributed by atoms with Gasteiger partial charge in [-0.3, -0.25) is 14.3 Å². The molecule has 3 aromatic heterocycles. The van der Waals surface area contributed by atoms with Gasteiger partial charge in [0.15, 0.2) is 0 Å². The van der Waals surface area contributed by atoms with E-state index in [0.717, 1.165) is 6.07 Å². The molecule has 1 atom stereocenters. The van der Waals surface area contributed by atoms with Crippen molar-refractivity contribution in [1.29, 1.82) is 5.26 Å². The molecule has 2 aromatic carbocycles. The molecule has 6 rings (SSSR count). The molecular formula is C32H27F3N8O4. The monoisotopic (exact) mass is 644 g/mol. The van der Waals surface area contributed by atoms with E-state index in [9.17, 15) is 33.1 Å². The number of aryl methyl sites for hydroxylation is 1. The highest BCUT2D eigenvalue weighted by Gasteiger charge is 2.41. The summed E-state index contributed by atoms with van der Waals surface area (Å²) >= 11 is 0. The van der Waals surface area contributed by atoms with Crippen molar-refractivity contribution in [1.82, 2.24) is 24.0 Å². The Labute approximate surface area is 264 Å². The van der Waals surface area contributed by atoms with Gasteiger partial charge in [-0.2, -0.15) is 18.4 Å². The zero-order chi connectivity index (χ0) is 33.6. The third-order valence-corrected chi connectivity index (χ3v) is 8.32.